The van der Waals surface area contributed by atoms with E-state index in [4.69, 9.17) is 27.9 Å². The first-order valence-electron chi connectivity index (χ1n) is 7.43. The Hall–Kier alpha value is -2.69. The van der Waals surface area contributed by atoms with Gasteiger partial charge in [0.05, 0.1) is 28.2 Å². The van der Waals surface area contributed by atoms with Gasteiger partial charge in [-0.2, -0.15) is 22.9 Å². The van der Waals surface area contributed by atoms with E-state index in [1.807, 2.05) is 0 Å². The van der Waals surface area contributed by atoms with Gasteiger partial charge in [-0.05, 0) is 24.3 Å². The van der Waals surface area contributed by atoms with E-state index in [9.17, 15) is 8.42 Å². The Labute approximate surface area is 163 Å². The molecule has 0 radical (unpaired) electrons. The van der Waals surface area contributed by atoms with Crippen LogP contribution in [0.4, 0.5) is 5.69 Å². The summed E-state index contributed by atoms with van der Waals surface area (Å²) in [6.07, 6.45) is 1.56. The Kier molecular flexibility index (Phi) is 4.25. The Morgan fingerprint density at radius 3 is 2.56 bits per heavy atom. The second-order valence-electron chi connectivity index (χ2n) is 5.31. The molecule has 0 bridgehead atoms. The van der Waals surface area contributed by atoms with E-state index in [0.717, 1.165) is 0 Å². The highest BCUT2D eigenvalue weighted by Crippen LogP contribution is 2.31. The maximum absolute atomic E-state index is 12.8. The van der Waals surface area contributed by atoms with E-state index in [2.05, 4.69) is 24.8 Å². The smallest absolute Gasteiger partial charge is 0.321 e. The fraction of sp³-hybridized carbons (Fsp3) is 0.0667. The van der Waals surface area contributed by atoms with Crippen molar-refractivity contribution in [3.8, 4) is 6.01 Å². The zero-order chi connectivity index (χ0) is 19.2. The van der Waals surface area contributed by atoms with Crippen molar-refractivity contribution in [2.45, 2.75) is 5.16 Å². The third kappa shape index (κ3) is 3.01. The molecule has 1 N–H and O–H groups in total. The molecule has 0 amide bonds. The van der Waals surface area contributed by atoms with Crippen molar-refractivity contribution in [1.82, 2.24) is 24.6 Å². The maximum Gasteiger partial charge on any atom is 0.321 e. The molecular formula is C15H10Cl2N6O3S. The van der Waals surface area contributed by atoms with Gasteiger partial charge in [-0.1, -0.05) is 29.3 Å². The van der Waals surface area contributed by atoms with Crippen molar-refractivity contribution in [3.63, 3.8) is 0 Å². The average molecular weight is 425 g/mol. The second kappa shape index (κ2) is 6.48. The van der Waals surface area contributed by atoms with Crippen LogP contribution in [0, 0.1) is 0 Å². The normalized spacial score (nSPS) is 11.8. The molecule has 0 spiro atoms. The first-order valence-corrected chi connectivity index (χ1v) is 9.67. The van der Waals surface area contributed by atoms with Crippen LogP contribution < -0.4 is 9.46 Å². The molecule has 0 aliphatic rings. The molecule has 9 nitrogen and oxygen atoms in total. The number of ether oxygens (including phenoxy) is 1. The van der Waals surface area contributed by atoms with Crippen molar-refractivity contribution in [1.29, 1.82) is 0 Å². The first kappa shape index (κ1) is 17.7. The van der Waals surface area contributed by atoms with Crippen LogP contribution in [0.2, 0.25) is 10.0 Å². The minimum absolute atomic E-state index is 0.0382. The molecule has 0 saturated carbocycles. The van der Waals surface area contributed by atoms with Crippen LogP contribution in [0.1, 0.15) is 0 Å². The molecule has 4 aromatic rings. The van der Waals surface area contributed by atoms with Gasteiger partial charge in [0, 0.05) is 6.20 Å². The number of hydrogen-bond donors (Lipinski definition) is 1. The number of nitrogens with zero attached hydrogens (tertiary/aromatic N) is 5. The lowest BCUT2D eigenvalue weighted by molar-refractivity contribution is 0.368. The van der Waals surface area contributed by atoms with Crippen LogP contribution in [0.5, 0.6) is 6.01 Å². The van der Waals surface area contributed by atoms with E-state index in [0.29, 0.717) is 11.0 Å². The molecule has 0 aliphatic carbocycles. The van der Waals surface area contributed by atoms with E-state index < -0.39 is 15.2 Å². The summed E-state index contributed by atoms with van der Waals surface area (Å²) in [5, 5.41) is 4.33. The van der Waals surface area contributed by atoms with Gasteiger partial charge >= 0.3 is 6.01 Å². The van der Waals surface area contributed by atoms with Crippen LogP contribution in [0.25, 0.3) is 16.7 Å². The van der Waals surface area contributed by atoms with Crippen LogP contribution in [-0.4, -0.2) is 40.1 Å². The molecule has 0 atom stereocenters. The number of rotatable bonds is 4. The number of sulfonamides is 1. The molecule has 3 heterocycles. The fourth-order valence-electron chi connectivity index (χ4n) is 2.42. The zero-order valence-electron chi connectivity index (χ0n) is 13.6. The Bertz CT molecular complexity index is 1270. The minimum atomic E-state index is -4.18. The van der Waals surface area contributed by atoms with Gasteiger partial charge in [0.15, 0.2) is 11.3 Å². The van der Waals surface area contributed by atoms with Crippen molar-refractivity contribution >= 4 is 55.6 Å². The SMILES string of the molecule is COc1nc2ncccc2c2nc(S(=O)(=O)Nc3c(Cl)cccc3Cl)nn12. The summed E-state index contributed by atoms with van der Waals surface area (Å²) in [5.74, 6) is 0. The molecule has 3 aromatic heterocycles. The summed E-state index contributed by atoms with van der Waals surface area (Å²) < 4.78 is 34.2. The molecule has 0 aliphatic heterocycles. The van der Waals surface area contributed by atoms with Gasteiger partial charge in [-0.3, -0.25) is 4.72 Å². The van der Waals surface area contributed by atoms with Gasteiger partial charge < -0.3 is 4.74 Å². The molecule has 0 unspecified atom stereocenters. The lowest BCUT2D eigenvalue weighted by Gasteiger charge is -2.08. The molecule has 4 rings (SSSR count). The number of para-hydroxylation sites is 1. The summed E-state index contributed by atoms with van der Waals surface area (Å²) in [5.41, 5.74) is 0.618. The number of nitrogens with one attached hydrogen (secondary N) is 1. The molecule has 27 heavy (non-hydrogen) atoms. The predicted molar refractivity (Wildman–Crippen MR) is 99.9 cm³/mol. The summed E-state index contributed by atoms with van der Waals surface area (Å²) in [7, 11) is -2.80. The largest absolute Gasteiger partial charge is 0.467 e. The third-order valence-corrected chi connectivity index (χ3v) is 5.38. The predicted octanol–water partition coefficient (Wildman–Crippen LogP) is 2.79. The molecule has 0 fully saturated rings. The van der Waals surface area contributed by atoms with Gasteiger partial charge in [-0.25, -0.2) is 4.98 Å². The van der Waals surface area contributed by atoms with E-state index in [1.54, 1.807) is 24.4 Å². The summed E-state index contributed by atoms with van der Waals surface area (Å²) in [6, 6.07) is 8.04. The number of benzene rings is 1. The van der Waals surface area contributed by atoms with E-state index in [-0.39, 0.29) is 27.4 Å². The summed E-state index contributed by atoms with van der Waals surface area (Å²) >= 11 is 12.1. The highest BCUT2D eigenvalue weighted by atomic mass is 35.5. The molecular weight excluding hydrogens is 415 g/mol. The Morgan fingerprint density at radius 2 is 1.85 bits per heavy atom. The number of aromatic nitrogens is 5. The number of fused-ring (bicyclic) bond motifs is 3. The van der Waals surface area contributed by atoms with Crippen molar-refractivity contribution < 1.29 is 13.2 Å². The molecule has 1 aromatic carbocycles. The number of methoxy groups -OCH3 is 1. The topological polar surface area (TPSA) is 111 Å². The molecule has 12 heteroatoms. The van der Waals surface area contributed by atoms with Crippen LogP contribution >= 0.6 is 23.2 Å². The van der Waals surface area contributed by atoms with Crippen LogP contribution in [0.3, 0.4) is 0 Å². The number of anilines is 1. The number of halogens is 2. The highest BCUT2D eigenvalue weighted by molar-refractivity contribution is 7.92. The van der Waals surface area contributed by atoms with Crippen LogP contribution in [0.15, 0.2) is 41.7 Å². The molecule has 138 valence electrons. The Morgan fingerprint density at radius 1 is 1.11 bits per heavy atom. The van der Waals surface area contributed by atoms with Crippen molar-refractivity contribution in [2.24, 2.45) is 0 Å². The summed E-state index contributed by atoms with van der Waals surface area (Å²) in [6.45, 7) is 0. The quantitative estimate of drug-likeness (QED) is 0.535. The van der Waals surface area contributed by atoms with Crippen molar-refractivity contribution in [2.75, 3.05) is 11.8 Å². The third-order valence-electron chi connectivity index (χ3n) is 3.62. The highest BCUT2D eigenvalue weighted by Gasteiger charge is 2.25. The summed E-state index contributed by atoms with van der Waals surface area (Å²) in [4.78, 5) is 12.5. The lowest BCUT2D eigenvalue weighted by atomic mass is 10.3. The Balaban J connectivity index is 1.90. The fourth-order valence-corrected chi connectivity index (χ4v) is 4.00. The average Bonchev–Trinajstić information content (AvgIpc) is 3.11. The maximum atomic E-state index is 12.8. The van der Waals surface area contributed by atoms with Crippen molar-refractivity contribution in [3.05, 3.63) is 46.6 Å². The van der Waals surface area contributed by atoms with Gasteiger partial charge in [-0.15, -0.1) is 5.10 Å². The van der Waals surface area contributed by atoms with Gasteiger partial charge in [0.25, 0.3) is 15.2 Å². The van der Waals surface area contributed by atoms with E-state index >= 15 is 0 Å². The van der Waals surface area contributed by atoms with Gasteiger partial charge in [0.2, 0.25) is 0 Å². The minimum Gasteiger partial charge on any atom is -0.467 e. The first-order chi connectivity index (χ1) is 12.9. The lowest BCUT2D eigenvalue weighted by Crippen LogP contribution is -2.15. The van der Waals surface area contributed by atoms with Crippen LogP contribution in [-0.2, 0) is 10.0 Å². The number of hydrogen-bond acceptors (Lipinski definition) is 7. The number of pyridine rings is 1. The zero-order valence-corrected chi connectivity index (χ0v) is 15.9. The standard InChI is InChI=1S/C15H10Cl2N6O3S/c1-26-15-19-12-8(4-3-7-18-12)13-20-14(21-23(13)15)27(24,25)22-11-9(16)5-2-6-10(11)17/h2-7,22H,1H3. The second-order valence-corrected chi connectivity index (χ2v) is 7.70. The van der Waals surface area contributed by atoms with Gasteiger partial charge in [0.1, 0.15) is 0 Å². The molecule has 0 saturated heterocycles. The van der Waals surface area contributed by atoms with E-state index in [1.165, 1.54) is 23.8 Å². The monoisotopic (exact) mass is 424 g/mol.